The number of methoxy groups -OCH3 is 2. The Morgan fingerprint density at radius 3 is 1.84 bits per heavy atom. The summed E-state index contributed by atoms with van der Waals surface area (Å²) in [5.74, 6) is 2.63. The van der Waals surface area contributed by atoms with E-state index in [0.29, 0.717) is 81.9 Å². The summed E-state index contributed by atoms with van der Waals surface area (Å²) in [5.41, 5.74) is 6.40. The van der Waals surface area contributed by atoms with Crippen molar-refractivity contribution in [3.05, 3.63) is 101 Å². The molecule has 0 radical (unpaired) electrons. The number of likely N-dealkylation sites (N-methyl/N-ethyl adjacent to an activating group) is 1. The third kappa shape index (κ3) is 7.63. The van der Waals surface area contributed by atoms with Crippen LogP contribution in [0.15, 0.2) is 89.1 Å². The third-order valence-corrected chi connectivity index (χ3v) is 11.3. The van der Waals surface area contributed by atoms with Gasteiger partial charge in [-0.15, -0.1) is 0 Å². The van der Waals surface area contributed by atoms with Gasteiger partial charge >= 0.3 is 0 Å². The van der Waals surface area contributed by atoms with Gasteiger partial charge in [-0.1, -0.05) is 18.2 Å². The second-order valence-corrected chi connectivity index (χ2v) is 15.1. The number of carbonyl (C=O) groups is 3. The fourth-order valence-electron chi connectivity index (χ4n) is 7.81. The number of ether oxygens (including phenoxy) is 6. The fraction of sp³-hybridized carbons (Fsp3) is 0.283. The zero-order chi connectivity index (χ0) is 42.2. The molecular formula is C46H44N6O9. The molecule has 1 unspecified atom stereocenters. The Hall–Kier alpha value is -7.13. The number of nitrogens with zero attached hydrogens (tertiary/aromatic N) is 4. The van der Waals surface area contributed by atoms with Crippen molar-refractivity contribution in [1.82, 2.24) is 15.1 Å². The lowest BCUT2D eigenvalue weighted by Gasteiger charge is -2.19. The Balaban J connectivity index is 0.821. The van der Waals surface area contributed by atoms with E-state index in [2.05, 4.69) is 10.6 Å². The predicted molar refractivity (Wildman–Crippen MR) is 229 cm³/mol. The largest absolute Gasteiger partial charge is 0.493 e. The SMILES string of the molecule is CN[C@@H](C)C(=O)Nc1ccc(C2=CN3C(=O)c4cc(OC)c(OCCCOc5cc6c(cc5OC)C(=O)N5C=C(c7ccc8c(c7)OCO8)CC5C=N6)cc4N=C[C@@H]3C2)cc1. The Kier molecular flexibility index (Phi) is 10.6. The van der Waals surface area contributed by atoms with E-state index in [-0.39, 0.29) is 55.9 Å². The molecule has 0 aromatic heterocycles. The van der Waals surface area contributed by atoms with Gasteiger partial charge in [0.05, 0.1) is 68.1 Å². The molecular weight excluding hydrogens is 781 g/mol. The van der Waals surface area contributed by atoms with E-state index in [1.807, 2.05) is 54.9 Å². The van der Waals surface area contributed by atoms with Crippen LogP contribution in [0, 0.1) is 0 Å². The molecule has 3 atom stereocenters. The standard InChI is InChI=1S/C46H44N6O9/c1-26(47-2)44(53)50-31-9-6-27(7-10-31)29-14-32-21-48-36-19-42(39(56-3)17-34(36)45(54)51(32)23-29)58-12-5-13-59-43-20-37-35(18-40(43)57-4)46(55)52-24-30(15-33(52)22-49-37)28-8-11-38-41(16-28)61-25-60-38/h6-11,16-24,26,32-33,47H,5,12-15,25H2,1-4H3,(H,50,53)/t26-,32-,33?/m0/s1. The molecule has 4 aromatic rings. The van der Waals surface area contributed by atoms with Gasteiger partial charge < -0.3 is 48.9 Å². The normalized spacial score (nSPS) is 18.6. The topological polar surface area (TPSA) is 162 Å². The first-order valence-corrected chi connectivity index (χ1v) is 20.0. The number of benzene rings is 4. The van der Waals surface area contributed by atoms with Gasteiger partial charge in [0.25, 0.3) is 11.8 Å². The van der Waals surface area contributed by atoms with Crippen LogP contribution in [0.2, 0.25) is 0 Å². The molecule has 4 aromatic carbocycles. The molecule has 5 aliphatic heterocycles. The number of rotatable bonds is 13. The molecule has 5 heterocycles. The van der Waals surface area contributed by atoms with Gasteiger partial charge in [-0.25, -0.2) is 0 Å². The molecule has 312 valence electrons. The number of aliphatic imine (C=N–C) groups is 2. The Bertz CT molecular complexity index is 2550. The maximum Gasteiger partial charge on any atom is 0.260 e. The first kappa shape index (κ1) is 39.3. The first-order valence-electron chi connectivity index (χ1n) is 20.0. The van der Waals surface area contributed by atoms with E-state index < -0.39 is 0 Å². The molecule has 0 fully saturated rings. The molecule has 15 heteroatoms. The molecule has 2 N–H and O–H groups in total. The van der Waals surface area contributed by atoms with Crippen molar-refractivity contribution in [2.24, 2.45) is 9.98 Å². The molecule has 61 heavy (non-hydrogen) atoms. The van der Waals surface area contributed by atoms with Crippen molar-refractivity contribution in [3.8, 4) is 34.5 Å². The van der Waals surface area contributed by atoms with Crippen LogP contribution in [0.4, 0.5) is 17.1 Å². The minimum absolute atomic E-state index is 0.121. The summed E-state index contributed by atoms with van der Waals surface area (Å²) in [4.78, 5) is 52.8. The summed E-state index contributed by atoms with van der Waals surface area (Å²) in [6, 6.07) is 19.3. The van der Waals surface area contributed by atoms with Crippen molar-refractivity contribution < 1.29 is 42.8 Å². The number of hydrogen-bond donors (Lipinski definition) is 2. The highest BCUT2D eigenvalue weighted by atomic mass is 16.7. The molecule has 0 spiro atoms. The summed E-state index contributed by atoms with van der Waals surface area (Å²) < 4.78 is 34.6. The molecule has 0 aliphatic carbocycles. The van der Waals surface area contributed by atoms with Gasteiger partial charge in [-0.05, 0) is 72.6 Å². The molecule has 9 rings (SSSR count). The van der Waals surface area contributed by atoms with Crippen molar-refractivity contribution >= 4 is 58.4 Å². The summed E-state index contributed by atoms with van der Waals surface area (Å²) in [6.45, 7) is 2.55. The van der Waals surface area contributed by atoms with Gasteiger partial charge in [-0.3, -0.25) is 24.4 Å². The van der Waals surface area contributed by atoms with Crippen molar-refractivity contribution in [2.75, 3.05) is 46.6 Å². The van der Waals surface area contributed by atoms with E-state index in [1.165, 1.54) is 14.2 Å². The highest BCUT2D eigenvalue weighted by molar-refractivity contribution is 6.06. The van der Waals surface area contributed by atoms with E-state index in [4.69, 9.17) is 38.4 Å². The number of carbonyl (C=O) groups excluding carboxylic acids is 3. The number of anilines is 1. The monoisotopic (exact) mass is 824 g/mol. The molecule has 15 nitrogen and oxygen atoms in total. The van der Waals surface area contributed by atoms with Gasteiger partial charge in [0.2, 0.25) is 12.7 Å². The maximum absolute atomic E-state index is 13.9. The molecule has 0 bridgehead atoms. The molecule has 0 saturated carbocycles. The van der Waals surface area contributed by atoms with Crippen LogP contribution in [-0.4, -0.2) is 99.4 Å². The summed E-state index contributed by atoms with van der Waals surface area (Å²) in [6.07, 6.45) is 9.02. The zero-order valence-corrected chi connectivity index (χ0v) is 34.1. The van der Waals surface area contributed by atoms with Crippen molar-refractivity contribution in [3.63, 3.8) is 0 Å². The van der Waals surface area contributed by atoms with Crippen LogP contribution in [-0.2, 0) is 4.79 Å². The first-order chi connectivity index (χ1) is 29.7. The van der Waals surface area contributed by atoms with Crippen LogP contribution in [0.3, 0.4) is 0 Å². The number of hydrogen-bond acceptors (Lipinski definition) is 12. The lowest BCUT2D eigenvalue weighted by molar-refractivity contribution is -0.117. The van der Waals surface area contributed by atoms with Crippen LogP contribution >= 0.6 is 0 Å². The van der Waals surface area contributed by atoms with Gasteiger partial charge in [0.15, 0.2) is 34.5 Å². The quantitative estimate of drug-likeness (QED) is 0.138. The number of amides is 3. The average molecular weight is 825 g/mol. The Labute approximate surface area is 352 Å². The Morgan fingerprint density at radius 2 is 1.28 bits per heavy atom. The smallest absolute Gasteiger partial charge is 0.260 e. The second kappa shape index (κ2) is 16.5. The van der Waals surface area contributed by atoms with Crippen LogP contribution in [0.25, 0.3) is 11.1 Å². The molecule has 3 amide bonds. The highest BCUT2D eigenvalue weighted by Gasteiger charge is 2.35. The zero-order valence-electron chi connectivity index (χ0n) is 34.1. The van der Waals surface area contributed by atoms with E-state index in [9.17, 15) is 14.4 Å². The maximum atomic E-state index is 13.9. The number of fused-ring (bicyclic) bond motifs is 5. The van der Waals surface area contributed by atoms with Gasteiger partial charge in [0, 0.05) is 61.9 Å². The van der Waals surface area contributed by atoms with E-state index in [1.54, 1.807) is 60.5 Å². The summed E-state index contributed by atoms with van der Waals surface area (Å²) in [5, 5.41) is 5.83. The Morgan fingerprint density at radius 1 is 0.738 bits per heavy atom. The fourth-order valence-corrected chi connectivity index (χ4v) is 7.81. The second-order valence-electron chi connectivity index (χ2n) is 15.1. The highest BCUT2D eigenvalue weighted by Crippen LogP contribution is 2.43. The van der Waals surface area contributed by atoms with Crippen LogP contribution in [0.1, 0.15) is 58.0 Å². The van der Waals surface area contributed by atoms with E-state index >= 15 is 0 Å². The third-order valence-electron chi connectivity index (χ3n) is 11.3. The predicted octanol–water partition coefficient (Wildman–Crippen LogP) is 6.77. The minimum atomic E-state index is -0.317. The van der Waals surface area contributed by atoms with E-state index in [0.717, 1.165) is 22.3 Å². The van der Waals surface area contributed by atoms with Gasteiger partial charge in [-0.2, -0.15) is 0 Å². The average Bonchev–Trinajstić information content (AvgIpc) is 4.02. The van der Waals surface area contributed by atoms with Crippen molar-refractivity contribution in [1.29, 1.82) is 0 Å². The van der Waals surface area contributed by atoms with Gasteiger partial charge in [0.1, 0.15) is 0 Å². The minimum Gasteiger partial charge on any atom is -0.493 e. The molecule has 5 aliphatic rings. The lowest BCUT2D eigenvalue weighted by Crippen LogP contribution is -2.35. The van der Waals surface area contributed by atoms with Crippen LogP contribution in [0.5, 0.6) is 34.5 Å². The summed E-state index contributed by atoms with van der Waals surface area (Å²) in [7, 11) is 4.80. The number of nitrogens with one attached hydrogen (secondary N) is 2. The summed E-state index contributed by atoms with van der Waals surface area (Å²) >= 11 is 0. The van der Waals surface area contributed by atoms with Crippen LogP contribution < -0.4 is 39.1 Å². The van der Waals surface area contributed by atoms with Crippen molar-refractivity contribution in [2.45, 2.75) is 44.3 Å². The molecule has 0 saturated heterocycles. The lowest BCUT2D eigenvalue weighted by atomic mass is 10.0.